The molecule has 0 saturated heterocycles. The summed E-state index contributed by atoms with van der Waals surface area (Å²) in [5.41, 5.74) is 7.47. The van der Waals surface area contributed by atoms with Crippen LogP contribution < -0.4 is 5.73 Å². The second-order valence-electron chi connectivity index (χ2n) is 4.01. The van der Waals surface area contributed by atoms with Crippen molar-refractivity contribution in [3.05, 3.63) is 42.7 Å². The van der Waals surface area contributed by atoms with Crippen molar-refractivity contribution < 1.29 is 0 Å². The summed E-state index contributed by atoms with van der Waals surface area (Å²) >= 11 is 1.43. The molecule has 2 aromatic heterocycles. The molecule has 0 aliphatic heterocycles. The number of nitrogen functional groups attached to an aromatic ring is 1. The minimum absolute atomic E-state index is 0.215. The predicted molar refractivity (Wildman–Crippen MR) is 78.6 cm³/mol. The van der Waals surface area contributed by atoms with Crippen molar-refractivity contribution in [2.75, 3.05) is 12.0 Å². The highest BCUT2D eigenvalue weighted by Gasteiger charge is 2.09. The lowest BCUT2D eigenvalue weighted by Gasteiger charge is -2.01. The van der Waals surface area contributed by atoms with Gasteiger partial charge in [0.25, 0.3) is 0 Å². The van der Waals surface area contributed by atoms with Crippen LogP contribution in [0.15, 0.2) is 47.9 Å². The largest absolute Gasteiger partial charge is 0.368 e. The summed E-state index contributed by atoms with van der Waals surface area (Å²) in [5.74, 6) is 0.746. The minimum atomic E-state index is 0.215. The number of aromatic nitrogens is 5. The minimum Gasteiger partial charge on any atom is -0.368 e. The van der Waals surface area contributed by atoms with Crippen molar-refractivity contribution in [3.8, 4) is 17.1 Å². The van der Waals surface area contributed by atoms with Crippen molar-refractivity contribution in [1.29, 1.82) is 0 Å². The molecule has 2 heterocycles. The molecule has 6 nitrogen and oxygen atoms in total. The van der Waals surface area contributed by atoms with Crippen molar-refractivity contribution >= 4 is 17.7 Å². The Balaban J connectivity index is 2.00. The molecular weight excluding hydrogens is 272 g/mol. The molecule has 0 amide bonds. The molecule has 0 fully saturated rings. The van der Waals surface area contributed by atoms with Crippen LogP contribution in [0.1, 0.15) is 0 Å². The highest BCUT2D eigenvalue weighted by atomic mass is 32.2. The Morgan fingerprint density at radius 1 is 1.10 bits per heavy atom. The Morgan fingerprint density at radius 3 is 2.65 bits per heavy atom. The van der Waals surface area contributed by atoms with E-state index >= 15 is 0 Å². The number of rotatable bonds is 3. The predicted octanol–water partition coefficient (Wildman–Crippen LogP) is 2.03. The number of hydrogen-bond donors (Lipinski definition) is 1. The van der Waals surface area contributed by atoms with Crippen LogP contribution in [0.25, 0.3) is 17.1 Å². The molecule has 0 bridgehead atoms. The van der Waals surface area contributed by atoms with E-state index in [9.17, 15) is 0 Å². The summed E-state index contributed by atoms with van der Waals surface area (Å²) in [6.07, 6.45) is 5.48. The second-order valence-corrected chi connectivity index (χ2v) is 4.79. The monoisotopic (exact) mass is 284 g/mol. The van der Waals surface area contributed by atoms with Gasteiger partial charge in [-0.3, -0.25) is 0 Å². The Hall–Kier alpha value is -2.41. The van der Waals surface area contributed by atoms with Crippen LogP contribution >= 0.6 is 11.8 Å². The van der Waals surface area contributed by atoms with E-state index in [1.165, 1.54) is 11.8 Å². The highest BCUT2D eigenvalue weighted by molar-refractivity contribution is 7.98. The van der Waals surface area contributed by atoms with E-state index in [1.807, 2.05) is 42.8 Å². The Bertz CT molecular complexity index is 725. The van der Waals surface area contributed by atoms with Gasteiger partial charge in [-0.1, -0.05) is 30.0 Å². The van der Waals surface area contributed by atoms with Gasteiger partial charge in [-0.05, 0) is 18.4 Å². The lowest BCUT2D eigenvalue weighted by molar-refractivity contribution is 0.880. The van der Waals surface area contributed by atoms with Crippen LogP contribution in [0, 0.1) is 0 Å². The second kappa shape index (κ2) is 5.30. The maximum Gasteiger partial charge on any atom is 0.224 e. The molecule has 0 radical (unpaired) electrons. The maximum absolute atomic E-state index is 5.69. The van der Waals surface area contributed by atoms with Gasteiger partial charge in [0.2, 0.25) is 5.95 Å². The first-order chi connectivity index (χ1) is 9.76. The SMILES string of the molecule is CSc1nc(N)nc(-c2cnn(-c3ccccc3)c2)n1. The Kier molecular flexibility index (Phi) is 3.34. The number of thioether (sulfide) groups is 1. The van der Waals surface area contributed by atoms with E-state index in [4.69, 9.17) is 5.73 Å². The molecule has 20 heavy (non-hydrogen) atoms. The summed E-state index contributed by atoms with van der Waals surface area (Å²) in [6, 6.07) is 9.84. The third kappa shape index (κ3) is 2.48. The molecular formula is C13H12N6S. The molecule has 0 saturated carbocycles. The van der Waals surface area contributed by atoms with Gasteiger partial charge in [-0.15, -0.1) is 0 Å². The quantitative estimate of drug-likeness (QED) is 0.741. The van der Waals surface area contributed by atoms with E-state index in [2.05, 4.69) is 20.1 Å². The summed E-state index contributed by atoms with van der Waals surface area (Å²) in [7, 11) is 0. The average molecular weight is 284 g/mol. The molecule has 0 atom stereocenters. The third-order valence-electron chi connectivity index (χ3n) is 2.68. The Labute approximate surface area is 120 Å². The van der Waals surface area contributed by atoms with Gasteiger partial charge >= 0.3 is 0 Å². The zero-order valence-corrected chi connectivity index (χ0v) is 11.6. The molecule has 0 aliphatic carbocycles. The molecule has 7 heteroatoms. The number of nitrogens with zero attached hydrogens (tertiary/aromatic N) is 5. The fraction of sp³-hybridized carbons (Fsp3) is 0.0769. The van der Waals surface area contributed by atoms with Gasteiger partial charge in [-0.2, -0.15) is 15.1 Å². The van der Waals surface area contributed by atoms with Crippen LogP contribution in [-0.2, 0) is 0 Å². The summed E-state index contributed by atoms with van der Waals surface area (Å²) in [4.78, 5) is 12.5. The van der Waals surface area contributed by atoms with Gasteiger partial charge in [0.1, 0.15) is 0 Å². The van der Waals surface area contributed by atoms with Gasteiger partial charge in [0.05, 0.1) is 17.4 Å². The molecule has 3 aromatic rings. The van der Waals surface area contributed by atoms with Gasteiger partial charge in [0, 0.05) is 6.20 Å². The fourth-order valence-electron chi connectivity index (χ4n) is 1.75. The van der Waals surface area contributed by atoms with Crippen molar-refractivity contribution in [2.45, 2.75) is 5.16 Å². The first-order valence-corrected chi connectivity index (χ1v) is 7.15. The number of nitrogens with two attached hydrogens (primary N) is 1. The molecule has 3 rings (SSSR count). The lowest BCUT2D eigenvalue weighted by Crippen LogP contribution is -2.00. The molecule has 2 N–H and O–H groups in total. The molecule has 0 aliphatic rings. The Morgan fingerprint density at radius 2 is 1.90 bits per heavy atom. The molecule has 0 spiro atoms. The van der Waals surface area contributed by atoms with Crippen LogP contribution in [0.2, 0.25) is 0 Å². The number of anilines is 1. The standard InChI is InChI=1S/C13H12N6S/c1-20-13-17-11(16-12(14)18-13)9-7-15-19(8-9)10-5-3-2-4-6-10/h2-8H,1H3,(H2,14,16,17,18). The summed E-state index contributed by atoms with van der Waals surface area (Å²) in [5, 5.41) is 4.91. The summed E-state index contributed by atoms with van der Waals surface area (Å²) < 4.78 is 1.77. The average Bonchev–Trinajstić information content (AvgIpc) is 2.97. The van der Waals surface area contributed by atoms with E-state index in [0.29, 0.717) is 11.0 Å². The maximum atomic E-state index is 5.69. The van der Waals surface area contributed by atoms with Crippen molar-refractivity contribution in [2.24, 2.45) is 0 Å². The van der Waals surface area contributed by atoms with E-state index in [1.54, 1.807) is 10.9 Å². The molecule has 1 aromatic carbocycles. The number of hydrogen-bond acceptors (Lipinski definition) is 6. The van der Waals surface area contributed by atoms with Gasteiger partial charge in [0.15, 0.2) is 11.0 Å². The van der Waals surface area contributed by atoms with E-state index in [0.717, 1.165) is 11.3 Å². The van der Waals surface area contributed by atoms with Crippen LogP contribution in [-0.4, -0.2) is 31.0 Å². The highest BCUT2D eigenvalue weighted by Crippen LogP contribution is 2.19. The fourth-order valence-corrected chi connectivity index (χ4v) is 2.12. The van der Waals surface area contributed by atoms with Crippen LogP contribution in [0.5, 0.6) is 0 Å². The van der Waals surface area contributed by atoms with Crippen molar-refractivity contribution in [1.82, 2.24) is 24.7 Å². The number of benzene rings is 1. The van der Waals surface area contributed by atoms with Crippen molar-refractivity contribution in [3.63, 3.8) is 0 Å². The smallest absolute Gasteiger partial charge is 0.224 e. The molecule has 100 valence electrons. The first-order valence-electron chi connectivity index (χ1n) is 5.92. The summed E-state index contributed by atoms with van der Waals surface area (Å²) in [6.45, 7) is 0. The van der Waals surface area contributed by atoms with Gasteiger partial charge in [-0.25, -0.2) is 9.67 Å². The normalized spacial score (nSPS) is 10.7. The molecule has 0 unspecified atom stereocenters. The third-order valence-corrected chi connectivity index (χ3v) is 3.22. The zero-order chi connectivity index (χ0) is 13.9. The zero-order valence-electron chi connectivity index (χ0n) is 10.8. The van der Waals surface area contributed by atoms with Crippen LogP contribution in [0.4, 0.5) is 5.95 Å². The lowest BCUT2D eigenvalue weighted by atomic mass is 10.3. The van der Waals surface area contributed by atoms with Gasteiger partial charge < -0.3 is 5.73 Å². The van der Waals surface area contributed by atoms with E-state index in [-0.39, 0.29) is 5.95 Å². The van der Waals surface area contributed by atoms with E-state index < -0.39 is 0 Å². The first kappa shape index (κ1) is 12.6. The number of para-hydroxylation sites is 1. The van der Waals surface area contributed by atoms with Crippen LogP contribution in [0.3, 0.4) is 0 Å². The topological polar surface area (TPSA) is 82.5 Å².